The van der Waals surface area contributed by atoms with Crippen molar-refractivity contribution in [2.75, 3.05) is 13.1 Å². The summed E-state index contributed by atoms with van der Waals surface area (Å²) in [5.74, 6) is 0.180. The SMILES string of the molecule is O=C(NCc1ccc(F)cc1)[C@H]1CN2CC[C@H]1C[C@@H]2Cn1cc(C2(O)CCCCC2)nn1. The van der Waals surface area contributed by atoms with Crippen molar-refractivity contribution in [3.8, 4) is 0 Å². The van der Waals surface area contributed by atoms with E-state index >= 15 is 0 Å². The van der Waals surface area contributed by atoms with Crippen molar-refractivity contribution in [3.63, 3.8) is 0 Å². The van der Waals surface area contributed by atoms with Gasteiger partial charge in [0, 0.05) is 19.1 Å². The lowest BCUT2D eigenvalue weighted by Gasteiger charge is -2.49. The second-order valence-electron chi connectivity index (χ2n) is 9.80. The lowest BCUT2D eigenvalue weighted by Crippen LogP contribution is -2.58. The number of carbonyl (C=O) groups excluding carboxylic acids is 1. The second kappa shape index (κ2) is 8.90. The first-order chi connectivity index (χ1) is 15.5. The van der Waals surface area contributed by atoms with Gasteiger partial charge < -0.3 is 10.4 Å². The molecule has 3 aliphatic heterocycles. The van der Waals surface area contributed by atoms with Crippen LogP contribution in [0.1, 0.15) is 56.2 Å². The lowest BCUT2D eigenvalue weighted by atomic mass is 9.75. The first-order valence-electron chi connectivity index (χ1n) is 11.9. The minimum Gasteiger partial charge on any atom is -0.383 e. The molecular weight excluding hydrogens is 409 g/mol. The fourth-order valence-electron chi connectivity index (χ4n) is 5.76. The van der Waals surface area contributed by atoms with Crippen LogP contribution in [-0.2, 0) is 23.5 Å². The van der Waals surface area contributed by atoms with Crippen molar-refractivity contribution in [3.05, 3.63) is 47.5 Å². The molecule has 1 unspecified atom stereocenters. The standard InChI is InChI=1S/C24H32FN5O2/c25-19-6-4-17(5-7-19)13-26-23(31)21-15-29-11-8-18(21)12-20(29)14-30-16-22(27-28-30)24(32)9-2-1-3-10-24/h4-7,16,18,20-21,32H,1-3,8-15H2,(H,26,31)/t18-,20+,21-/m0/s1. The van der Waals surface area contributed by atoms with Crippen LogP contribution in [0.15, 0.2) is 30.5 Å². The van der Waals surface area contributed by atoms with Crippen LogP contribution in [-0.4, -0.2) is 50.0 Å². The average molecular weight is 442 g/mol. The van der Waals surface area contributed by atoms with Crippen molar-refractivity contribution in [1.29, 1.82) is 0 Å². The number of amides is 1. The summed E-state index contributed by atoms with van der Waals surface area (Å²) in [6.45, 7) is 2.93. The average Bonchev–Trinajstić information content (AvgIpc) is 3.29. The van der Waals surface area contributed by atoms with E-state index in [1.807, 2.05) is 10.9 Å². The number of piperidine rings is 3. The zero-order chi connectivity index (χ0) is 22.1. The number of nitrogens with zero attached hydrogens (tertiary/aromatic N) is 4. The number of hydrogen-bond acceptors (Lipinski definition) is 5. The Kier molecular flexibility index (Phi) is 5.99. The summed E-state index contributed by atoms with van der Waals surface area (Å²) in [5.41, 5.74) is 0.780. The van der Waals surface area contributed by atoms with E-state index in [1.165, 1.54) is 18.6 Å². The third kappa shape index (κ3) is 4.43. The van der Waals surface area contributed by atoms with Gasteiger partial charge in [0.2, 0.25) is 5.91 Å². The van der Waals surface area contributed by atoms with E-state index in [0.717, 1.165) is 63.7 Å². The first kappa shape index (κ1) is 21.5. The van der Waals surface area contributed by atoms with Crippen LogP contribution in [0.25, 0.3) is 0 Å². The smallest absolute Gasteiger partial charge is 0.224 e. The van der Waals surface area contributed by atoms with Crippen molar-refractivity contribution in [2.24, 2.45) is 11.8 Å². The number of halogens is 1. The molecule has 2 bridgehead atoms. The van der Waals surface area contributed by atoms with Crippen molar-refractivity contribution in [1.82, 2.24) is 25.2 Å². The maximum atomic E-state index is 13.1. The van der Waals surface area contributed by atoms with E-state index in [-0.39, 0.29) is 17.6 Å². The molecule has 32 heavy (non-hydrogen) atoms. The highest BCUT2D eigenvalue weighted by molar-refractivity contribution is 5.79. The molecule has 1 saturated carbocycles. The van der Waals surface area contributed by atoms with Crippen LogP contribution in [0.5, 0.6) is 0 Å². The third-order valence-corrected chi connectivity index (χ3v) is 7.69. The Morgan fingerprint density at radius 2 is 2.00 bits per heavy atom. The molecular formula is C24H32FN5O2. The molecule has 7 nitrogen and oxygen atoms in total. The number of aromatic nitrogens is 3. The monoisotopic (exact) mass is 441 g/mol. The Bertz CT molecular complexity index is 940. The Hall–Kier alpha value is -2.32. The van der Waals surface area contributed by atoms with Gasteiger partial charge in [-0.15, -0.1) is 5.10 Å². The summed E-state index contributed by atoms with van der Waals surface area (Å²) in [6.07, 6.45) is 8.69. The molecule has 172 valence electrons. The number of fused-ring (bicyclic) bond motifs is 3. The van der Waals surface area contributed by atoms with Crippen LogP contribution in [0.3, 0.4) is 0 Å². The van der Waals surface area contributed by atoms with Gasteiger partial charge in [0.05, 0.1) is 18.7 Å². The van der Waals surface area contributed by atoms with E-state index in [0.29, 0.717) is 24.2 Å². The highest BCUT2D eigenvalue weighted by Gasteiger charge is 2.43. The van der Waals surface area contributed by atoms with E-state index in [9.17, 15) is 14.3 Å². The van der Waals surface area contributed by atoms with E-state index in [1.54, 1.807) is 12.1 Å². The summed E-state index contributed by atoms with van der Waals surface area (Å²) < 4.78 is 14.9. The van der Waals surface area contributed by atoms with Crippen LogP contribution < -0.4 is 5.32 Å². The van der Waals surface area contributed by atoms with Gasteiger partial charge in [-0.1, -0.05) is 36.6 Å². The van der Waals surface area contributed by atoms with Crippen molar-refractivity contribution >= 4 is 5.91 Å². The summed E-state index contributed by atoms with van der Waals surface area (Å²) in [5, 5.41) is 22.6. The Morgan fingerprint density at radius 3 is 2.72 bits per heavy atom. The molecule has 0 radical (unpaired) electrons. The number of aliphatic hydroxyl groups is 1. The van der Waals surface area contributed by atoms with Crippen molar-refractivity contribution in [2.45, 2.75) is 69.7 Å². The van der Waals surface area contributed by atoms with Gasteiger partial charge in [-0.05, 0) is 55.8 Å². The zero-order valence-corrected chi connectivity index (χ0v) is 18.4. The fourth-order valence-corrected chi connectivity index (χ4v) is 5.76. The molecule has 4 heterocycles. The lowest BCUT2D eigenvalue weighted by molar-refractivity contribution is -0.133. The summed E-state index contributed by atoms with van der Waals surface area (Å²) >= 11 is 0. The maximum Gasteiger partial charge on any atom is 0.224 e. The maximum absolute atomic E-state index is 13.1. The molecule has 2 aromatic rings. The molecule has 1 aliphatic carbocycles. The highest BCUT2D eigenvalue weighted by atomic mass is 19.1. The summed E-state index contributed by atoms with van der Waals surface area (Å²) in [4.78, 5) is 15.2. The van der Waals surface area contributed by atoms with Crippen LogP contribution in [0.2, 0.25) is 0 Å². The topological polar surface area (TPSA) is 83.3 Å². The molecule has 8 heteroatoms. The minimum absolute atomic E-state index is 0.00490. The van der Waals surface area contributed by atoms with Crippen LogP contribution in [0, 0.1) is 17.7 Å². The van der Waals surface area contributed by atoms with E-state index < -0.39 is 5.60 Å². The Balaban J connectivity index is 1.16. The first-order valence-corrected chi connectivity index (χ1v) is 11.9. The molecule has 4 atom stereocenters. The van der Waals surface area contributed by atoms with Gasteiger partial charge in [-0.25, -0.2) is 4.39 Å². The number of hydrogen-bond donors (Lipinski definition) is 2. The largest absolute Gasteiger partial charge is 0.383 e. The van der Waals surface area contributed by atoms with Gasteiger partial charge in [0.1, 0.15) is 17.1 Å². The molecule has 4 fully saturated rings. The molecule has 3 saturated heterocycles. The van der Waals surface area contributed by atoms with Gasteiger partial charge in [0.25, 0.3) is 0 Å². The van der Waals surface area contributed by atoms with Crippen LogP contribution >= 0.6 is 0 Å². The van der Waals surface area contributed by atoms with Crippen LogP contribution in [0.4, 0.5) is 4.39 Å². The van der Waals surface area contributed by atoms with Gasteiger partial charge in [0.15, 0.2) is 0 Å². The second-order valence-corrected chi connectivity index (χ2v) is 9.80. The minimum atomic E-state index is -0.823. The predicted octanol–water partition coefficient (Wildman–Crippen LogP) is 2.60. The Morgan fingerprint density at radius 1 is 1.22 bits per heavy atom. The number of carbonyl (C=O) groups is 1. The molecule has 1 aromatic heterocycles. The van der Waals surface area contributed by atoms with Gasteiger partial charge in [-0.3, -0.25) is 14.4 Å². The molecule has 1 aromatic carbocycles. The zero-order valence-electron chi connectivity index (χ0n) is 18.4. The van der Waals surface area contributed by atoms with Gasteiger partial charge >= 0.3 is 0 Å². The quantitative estimate of drug-likeness (QED) is 0.720. The van der Waals surface area contributed by atoms with E-state index in [4.69, 9.17) is 0 Å². The van der Waals surface area contributed by atoms with Gasteiger partial charge in [-0.2, -0.15) is 0 Å². The molecule has 1 amide bonds. The number of rotatable bonds is 6. The molecule has 4 aliphatic rings. The molecule has 6 rings (SSSR count). The normalized spacial score (nSPS) is 29.1. The van der Waals surface area contributed by atoms with E-state index in [2.05, 4.69) is 20.5 Å². The van der Waals surface area contributed by atoms with Crippen molar-refractivity contribution < 1.29 is 14.3 Å². The third-order valence-electron chi connectivity index (χ3n) is 7.69. The predicted molar refractivity (Wildman–Crippen MR) is 117 cm³/mol. The molecule has 2 N–H and O–H groups in total. The number of benzene rings is 1. The summed E-state index contributed by atoms with van der Waals surface area (Å²) in [6, 6.07) is 6.59. The number of nitrogens with one attached hydrogen (secondary N) is 1. The highest BCUT2D eigenvalue weighted by Crippen LogP contribution is 2.38. The molecule has 0 spiro atoms. The summed E-state index contributed by atoms with van der Waals surface area (Å²) in [7, 11) is 0. The Labute approximate surface area is 188 Å². The fraction of sp³-hybridized carbons (Fsp3) is 0.625.